The van der Waals surface area contributed by atoms with Crippen molar-refractivity contribution >= 4 is 5.97 Å². The Hall–Kier alpha value is -1.92. The fourth-order valence-corrected chi connectivity index (χ4v) is 1.30. The molecule has 0 saturated heterocycles. The third kappa shape index (κ3) is 3.54. The molecule has 0 saturated carbocycles. The highest BCUT2D eigenvalue weighted by molar-refractivity contribution is 5.95. The van der Waals surface area contributed by atoms with Crippen LogP contribution in [0.25, 0.3) is 0 Å². The molecule has 0 bridgehead atoms. The van der Waals surface area contributed by atoms with E-state index in [0.717, 1.165) is 6.07 Å². The molecular weight excluding hydrogens is 253 g/mol. The van der Waals surface area contributed by atoms with E-state index < -0.39 is 18.1 Å². The van der Waals surface area contributed by atoms with Crippen LogP contribution in [0.4, 0.5) is 13.2 Å². The van der Waals surface area contributed by atoms with Crippen molar-refractivity contribution in [2.24, 2.45) is 0 Å². The molecule has 1 aromatic rings. The Morgan fingerprint density at radius 2 is 1.89 bits per heavy atom. The SMILES string of the molecule is CCOC(=O)c1c(OC)cccc1OC(F)(F)F. The van der Waals surface area contributed by atoms with Crippen molar-refractivity contribution in [2.75, 3.05) is 13.7 Å². The van der Waals surface area contributed by atoms with Gasteiger partial charge in [0.25, 0.3) is 0 Å². The van der Waals surface area contributed by atoms with Gasteiger partial charge in [-0.15, -0.1) is 13.2 Å². The second kappa shape index (κ2) is 5.61. The van der Waals surface area contributed by atoms with Gasteiger partial charge >= 0.3 is 12.3 Å². The molecule has 4 nitrogen and oxygen atoms in total. The van der Waals surface area contributed by atoms with E-state index in [1.54, 1.807) is 0 Å². The van der Waals surface area contributed by atoms with E-state index in [4.69, 9.17) is 4.74 Å². The smallest absolute Gasteiger partial charge is 0.496 e. The van der Waals surface area contributed by atoms with Gasteiger partial charge in [-0.25, -0.2) is 4.79 Å². The van der Waals surface area contributed by atoms with E-state index in [-0.39, 0.29) is 17.9 Å². The number of methoxy groups -OCH3 is 1. The lowest BCUT2D eigenvalue weighted by molar-refractivity contribution is -0.274. The molecule has 100 valence electrons. The molecule has 0 fully saturated rings. The minimum atomic E-state index is -4.90. The van der Waals surface area contributed by atoms with Crippen molar-refractivity contribution in [2.45, 2.75) is 13.3 Å². The highest BCUT2D eigenvalue weighted by Crippen LogP contribution is 2.32. The molecule has 0 amide bonds. The molecule has 0 heterocycles. The Morgan fingerprint density at radius 3 is 2.39 bits per heavy atom. The van der Waals surface area contributed by atoms with E-state index in [0.29, 0.717) is 0 Å². The summed E-state index contributed by atoms with van der Waals surface area (Å²) in [4.78, 5) is 11.6. The summed E-state index contributed by atoms with van der Waals surface area (Å²) in [6.45, 7) is 1.57. The zero-order valence-electron chi connectivity index (χ0n) is 9.71. The molecule has 0 aliphatic rings. The Kier molecular flexibility index (Phi) is 4.41. The van der Waals surface area contributed by atoms with E-state index in [1.807, 2.05) is 0 Å². The average molecular weight is 264 g/mol. The lowest BCUT2D eigenvalue weighted by atomic mass is 10.2. The van der Waals surface area contributed by atoms with Crippen LogP contribution >= 0.6 is 0 Å². The largest absolute Gasteiger partial charge is 0.573 e. The molecule has 0 aliphatic heterocycles. The zero-order valence-corrected chi connectivity index (χ0v) is 9.71. The van der Waals surface area contributed by atoms with Gasteiger partial charge in [0.2, 0.25) is 0 Å². The Morgan fingerprint density at radius 1 is 1.28 bits per heavy atom. The Balaban J connectivity index is 3.20. The molecule has 1 aromatic carbocycles. The molecule has 7 heteroatoms. The van der Waals surface area contributed by atoms with Crippen molar-refractivity contribution in [3.05, 3.63) is 23.8 Å². The maximum atomic E-state index is 12.2. The number of ether oxygens (including phenoxy) is 3. The van der Waals surface area contributed by atoms with Crippen molar-refractivity contribution in [3.8, 4) is 11.5 Å². The van der Waals surface area contributed by atoms with Crippen LogP contribution in [0.5, 0.6) is 11.5 Å². The lowest BCUT2D eigenvalue weighted by Crippen LogP contribution is -2.20. The van der Waals surface area contributed by atoms with E-state index in [1.165, 1.54) is 26.2 Å². The van der Waals surface area contributed by atoms with Gasteiger partial charge in [-0.1, -0.05) is 6.07 Å². The molecule has 0 radical (unpaired) electrons. The Bertz CT molecular complexity index is 429. The summed E-state index contributed by atoms with van der Waals surface area (Å²) in [5.74, 6) is -1.63. The summed E-state index contributed by atoms with van der Waals surface area (Å²) in [7, 11) is 1.23. The molecule has 0 unspecified atom stereocenters. The van der Waals surface area contributed by atoms with Crippen LogP contribution in [0.3, 0.4) is 0 Å². The minimum Gasteiger partial charge on any atom is -0.496 e. The Labute approximate surface area is 101 Å². The molecule has 0 spiro atoms. The predicted molar refractivity (Wildman–Crippen MR) is 55.6 cm³/mol. The minimum absolute atomic E-state index is 0.0301. The van der Waals surface area contributed by atoms with Crippen LogP contribution in [0.15, 0.2) is 18.2 Å². The molecule has 0 aliphatic carbocycles. The zero-order chi connectivity index (χ0) is 13.8. The van der Waals surface area contributed by atoms with Crippen molar-refractivity contribution in [3.63, 3.8) is 0 Å². The van der Waals surface area contributed by atoms with Gasteiger partial charge in [-0.2, -0.15) is 0 Å². The van der Waals surface area contributed by atoms with E-state index in [9.17, 15) is 18.0 Å². The van der Waals surface area contributed by atoms with Crippen molar-refractivity contribution in [1.82, 2.24) is 0 Å². The highest BCUT2D eigenvalue weighted by atomic mass is 19.4. The van der Waals surface area contributed by atoms with E-state index in [2.05, 4.69) is 9.47 Å². The second-order valence-corrected chi connectivity index (χ2v) is 3.10. The third-order valence-corrected chi connectivity index (χ3v) is 1.91. The molecule has 18 heavy (non-hydrogen) atoms. The first-order valence-corrected chi connectivity index (χ1v) is 4.99. The van der Waals surface area contributed by atoms with Crippen LogP contribution < -0.4 is 9.47 Å². The highest BCUT2D eigenvalue weighted by Gasteiger charge is 2.34. The number of carbonyl (C=O) groups excluding carboxylic acids is 1. The van der Waals surface area contributed by atoms with Gasteiger partial charge in [-0.3, -0.25) is 0 Å². The van der Waals surface area contributed by atoms with Gasteiger partial charge in [0.05, 0.1) is 13.7 Å². The fraction of sp³-hybridized carbons (Fsp3) is 0.364. The first-order valence-electron chi connectivity index (χ1n) is 4.99. The summed E-state index contributed by atoms with van der Waals surface area (Å²) < 4.78 is 49.8. The quantitative estimate of drug-likeness (QED) is 0.784. The van der Waals surface area contributed by atoms with Crippen LogP contribution in [-0.4, -0.2) is 26.0 Å². The molecular formula is C11H11F3O4. The number of alkyl halides is 3. The van der Waals surface area contributed by atoms with Crippen LogP contribution in [0, 0.1) is 0 Å². The standard InChI is InChI=1S/C11H11F3O4/c1-3-17-10(15)9-7(16-2)5-4-6-8(9)18-11(12,13)14/h4-6H,3H2,1-2H3. The van der Waals surface area contributed by atoms with Crippen LogP contribution in [0.1, 0.15) is 17.3 Å². The first kappa shape index (κ1) is 14.1. The maximum absolute atomic E-state index is 12.2. The van der Waals surface area contributed by atoms with E-state index >= 15 is 0 Å². The van der Waals surface area contributed by atoms with Crippen LogP contribution in [-0.2, 0) is 4.74 Å². The lowest BCUT2D eigenvalue weighted by Gasteiger charge is -2.14. The van der Waals surface area contributed by atoms with Crippen molar-refractivity contribution in [1.29, 1.82) is 0 Å². The summed E-state index contributed by atoms with van der Waals surface area (Å²) in [5, 5.41) is 0. The predicted octanol–water partition coefficient (Wildman–Crippen LogP) is 2.77. The topological polar surface area (TPSA) is 44.8 Å². The second-order valence-electron chi connectivity index (χ2n) is 3.10. The summed E-state index contributed by atoms with van der Waals surface area (Å²) >= 11 is 0. The van der Waals surface area contributed by atoms with Gasteiger partial charge in [-0.05, 0) is 19.1 Å². The average Bonchev–Trinajstić information content (AvgIpc) is 2.26. The molecule has 0 aromatic heterocycles. The van der Waals surface area contributed by atoms with Crippen LogP contribution in [0.2, 0.25) is 0 Å². The number of rotatable bonds is 4. The normalized spacial score (nSPS) is 10.9. The number of benzene rings is 1. The fourth-order valence-electron chi connectivity index (χ4n) is 1.30. The van der Waals surface area contributed by atoms with Crippen molar-refractivity contribution < 1.29 is 32.2 Å². The third-order valence-electron chi connectivity index (χ3n) is 1.91. The summed E-state index contributed by atoms with van der Waals surface area (Å²) in [6, 6.07) is 3.64. The monoisotopic (exact) mass is 264 g/mol. The maximum Gasteiger partial charge on any atom is 0.573 e. The summed E-state index contributed by atoms with van der Waals surface area (Å²) in [5.41, 5.74) is -0.390. The molecule has 1 rings (SSSR count). The summed E-state index contributed by atoms with van der Waals surface area (Å²) in [6.07, 6.45) is -4.90. The molecule has 0 N–H and O–H groups in total. The number of hydrogen-bond acceptors (Lipinski definition) is 4. The first-order chi connectivity index (χ1) is 8.39. The number of carbonyl (C=O) groups is 1. The number of hydrogen-bond donors (Lipinski definition) is 0. The number of esters is 1. The van der Waals surface area contributed by atoms with Gasteiger partial charge in [0, 0.05) is 0 Å². The van der Waals surface area contributed by atoms with Gasteiger partial charge in [0.1, 0.15) is 17.1 Å². The van der Waals surface area contributed by atoms with Gasteiger partial charge < -0.3 is 14.2 Å². The van der Waals surface area contributed by atoms with Gasteiger partial charge in [0.15, 0.2) is 0 Å². The molecule has 0 atom stereocenters. The number of halogens is 3.